The summed E-state index contributed by atoms with van der Waals surface area (Å²) in [5, 5.41) is 11.5. The van der Waals surface area contributed by atoms with Gasteiger partial charge in [-0.3, -0.25) is 0 Å². The molecule has 1 aromatic carbocycles. The maximum Gasteiger partial charge on any atom is 0.244 e. The van der Waals surface area contributed by atoms with Crippen molar-refractivity contribution in [3.8, 4) is 0 Å². The molecular formula is C17H23N5. The van der Waals surface area contributed by atoms with Crippen molar-refractivity contribution in [2.24, 2.45) is 5.92 Å². The number of aromatic nitrogens is 3. The lowest BCUT2D eigenvalue weighted by Crippen LogP contribution is -2.35. The van der Waals surface area contributed by atoms with Crippen LogP contribution in [0.2, 0.25) is 0 Å². The largest absolute Gasteiger partial charge is 0.355 e. The summed E-state index contributed by atoms with van der Waals surface area (Å²) in [5.41, 5.74) is 2.52. The van der Waals surface area contributed by atoms with Gasteiger partial charge in [0.15, 0.2) is 5.82 Å². The van der Waals surface area contributed by atoms with E-state index in [1.165, 1.54) is 24.0 Å². The molecule has 1 aromatic heterocycles. The van der Waals surface area contributed by atoms with Gasteiger partial charge in [0.25, 0.3) is 0 Å². The van der Waals surface area contributed by atoms with Crippen LogP contribution in [0.5, 0.6) is 0 Å². The quantitative estimate of drug-likeness (QED) is 0.940. The number of aryl methyl sites for hydroxylation is 1. The van der Waals surface area contributed by atoms with Crippen molar-refractivity contribution >= 4 is 11.8 Å². The molecule has 1 N–H and O–H groups in total. The topological polar surface area (TPSA) is 53.9 Å². The van der Waals surface area contributed by atoms with Crippen LogP contribution in [0, 0.1) is 12.8 Å². The zero-order valence-electron chi connectivity index (χ0n) is 13.3. The van der Waals surface area contributed by atoms with Crippen LogP contribution in [-0.2, 0) is 6.54 Å². The van der Waals surface area contributed by atoms with Gasteiger partial charge in [0, 0.05) is 19.6 Å². The minimum absolute atomic E-state index is 0.596. The van der Waals surface area contributed by atoms with E-state index in [-0.39, 0.29) is 0 Å². The third kappa shape index (κ3) is 3.53. The van der Waals surface area contributed by atoms with Gasteiger partial charge in [-0.15, -0.1) is 5.10 Å². The average molecular weight is 297 g/mol. The second-order valence-corrected chi connectivity index (χ2v) is 6.11. The van der Waals surface area contributed by atoms with Crippen molar-refractivity contribution < 1.29 is 0 Å². The Morgan fingerprint density at radius 1 is 1.32 bits per heavy atom. The van der Waals surface area contributed by atoms with Crippen molar-refractivity contribution in [2.45, 2.75) is 33.2 Å². The summed E-state index contributed by atoms with van der Waals surface area (Å²) >= 11 is 0. The second kappa shape index (κ2) is 6.73. The second-order valence-electron chi connectivity index (χ2n) is 6.11. The lowest BCUT2D eigenvalue weighted by molar-refractivity contribution is 0.444. The van der Waals surface area contributed by atoms with Crippen LogP contribution >= 0.6 is 0 Å². The highest BCUT2D eigenvalue weighted by Gasteiger charge is 2.18. The molecule has 22 heavy (non-hydrogen) atoms. The molecule has 0 aliphatic carbocycles. The van der Waals surface area contributed by atoms with Crippen LogP contribution in [0.15, 0.2) is 30.5 Å². The van der Waals surface area contributed by atoms with E-state index in [9.17, 15) is 0 Å². The van der Waals surface area contributed by atoms with E-state index in [1.807, 2.05) is 0 Å². The smallest absolute Gasteiger partial charge is 0.244 e. The van der Waals surface area contributed by atoms with Gasteiger partial charge in [0.05, 0.1) is 6.20 Å². The van der Waals surface area contributed by atoms with Crippen LogP contribution in [0.1, 0.15) is 30.9 Å². The molecule has 1 aliphatic rings. The number of nitrogens with one attached hydrogen (secondary N) is 1. The fraction of sp³-hybridized carbons (Fsp3) is 0.471. The SMILES string of the molecule is Cc1ccccc1CNc1nncc(N2CCCC(C)C2)n1. The highest BCUT2D eigenvalue weighted by molar-refractivity contribution is 5.41. The van der Waals surface area contributed by atoms with Crippen LogP contribution in [0.25, 0.3) is 0 Å². The van der Waals surface area contributed by atoms with E-state index in [1.54, 1.807) is 6.20 Å². The summed E-state index contributed by atoms with van der Waals surface area (Å²) < 4.78 is 0. The van der Waals surface area contributed by atoms with E-state index in [0.717, 1.165) is 18.9 Å². The van der Waals surface area contributed by atoms with Crippen LogP contribution < -0.4 is 10.2 Å². The molecule has 1 atom stereocenters. The average Bonchev–Trinajstić information content (AvgIpc) is 2.54. The fourth-order valence-corrected chi connectivity index (χ4v) is 2.90. The first-order chi connectivity index (χ1) is 10.7. The third-order valence-electron chi connectivity index (χ3n) is 4.23. The Labute approximate surface area is 131 Å². The summed E-state index contributed by atoms with van der Waals surface area (Å²) in [6.45, 7) is 7.23. The zero-order valence-corrected chi connectivity index (χ0v) is 13.3. The minimum Gasteiger partial charge on any atom is -0.355 e. The summed E-state index contributed by atoms with van der Waals surface area (Å²) in [5.74, 6) is 2.24. The Hall–Kier alpha value is -2.17. The van der Waals surface area contributed by atoms with Gasteiger partial charge in [-0.2, -0.15) is 10.1 Å². The minimum atomic E-state index is 0.596. The molecular weight excluding hydrogens is 274 g/mol. The van der Waals surface area contributed by atoms with E-state index >= 15 is 0 Å². The Bertz CT molecular complexity index is 628. The summed E-state index contributed by atoms with van der Waals surface area (Å²) in [7, 11) is 0. The van der Waals surface area contributed by atoms with Crippen LogP contribution in [-0.4, -0.2) is 28.3 Å². The molecule has 2 heterocycles. The molecule has 5 heteroatoms. The Balaban J connectivity index is 1.67. The highest BCUT2D eigenvalue weighted by Crippen LogP contribution is 2.21. The summed E-state index contributed by atoms with van der Waals surface area (Å²) in [6, 6.07) is 8.33. The molecule has 0 spiro atoms. The molecule has 5 nitrogen and oxygen atoms in total. The molecule has 0 bridgehead atoms. The lowest BCUT2D eigenvalue weighted by atomic mass is 10.0. The van der Waals surface area contributed by atoms with E-state index in [0.29, 0.717) is 18.4 Å². The molecule has 2 aromatic rings. The fourth-order valence-electron chi connectivity index (χ4n) is 2.90. The number of anilines is 2. The predicted octanol–water partition coefficient (Wildman–Crippen LogP) is 3.03. The van der Waals surface area contributed by atoms with Gasteiger partial charge in [0.2, 0.25) is 5.95 Å². The van der Waals surface area contributed by atoms with Gasteiger partial charge in [-0.1, -0.05) is 31.2 Å². The van der Waals surface area contributed by atoms with Crippen molar-refractivity contribution in [3.05, 3.63) is 41.6 Å². The maximum absolute atomic E-state index is 4.62. The van der Waals surface area contributed by atoms with E-state index in [2.05, 4.69) is 63.5 Å². The first kappa shape index (κ1) is 14.8. The standard InChI is InChI=1S/C17H23N5/c1-13-6-5-9-22(12-13)16-11-19-21-17(20-16)18-10-15-8-4-3-7-14(15)2/h3-4,7-8,11,13H,5-6,9-10,12H2,1-2H3,(H,18,20,21). The number of piperidine rings is 1. The zero-order chi connectivity index (χ0) is 15.4. The van der Waals surface area contributed by atoms with Gasteiger partial charge >= 0.3 is 0 Å². The summed E-state index contributed by atoms with van der Waals surface area (Å²) in [6.07, 6.45) is 4.28. The normalized spacial score (nSPS) is 18.3. The number of hydrogen-bond donors (Lipinski definition) is 1. The summed E-state index contributed by atoms with van der Waals surface area (Å²) in [4.78, 5) is 6.92. The molecule has 3 rings (SSSR count). The van der Waals surface area contributed by atoms with Crippen LogP contribution in [0.4, 0.5) is 11.8 Å². The van der Waals surface area contributed by atoms with Gasteiger partial charge < -0.3 is 10.2 Å². The number of rotatable bonds is 4. The Morgan fingerprint density at radius 3 is 3.00 bits per heavy atom. The Kier molecular flexibility index (Phi) is 4.51. The van der Waals surface area contributed by atoms with Crippen molar-refractivity contribution in [2.75, 3.05) is 23.3 Å². The van der Waals surface area contributed by atoms with Crippen LogP contribution in [0.3, 0.4) is 0 Å². The maximum atomic E-state index is 4.62. The van der Waals surface area contributed by atoms with Gasteiger partial charge in [0.1, 0.15) is 0 Å². The van der Waals surface area contributed by atoms with Crippen molar-refractivity contribution in [3.63, 3.8) is 0 Å². The number of hydrogen-bond acceptors (Lipinski definition) is 5. The van der Waals surface area contributed by atoms with Gasteiger partial charge in [-0.25, -0.2) is 0 Å². The van der Waals surface area contributed by atoms with E-state index in [4.69, 9.17) is 0 Å². The monoisotopic (exact) mass is 297 g/mol. The molecule has 1 aliphatic heterocycles. The molecule has 1 unspecified atom stereocenters. The predicted molar refractivity (Wildman–Crippen MR) is 88.9 cm³/mol. The van der Waals surface area contributed by atoms with Crippen molar-refractivity contribution in [1.82, 2.24) is 15.2 Å². The number of benzene rings is 1. The van der Waals surface area contributed by atoms with Gasteiger partial charge in [-0.05, 0) is 36.8 Å². The lowest BCUT2D eigenvalue weighted by Gasteiger charge is -2.31. The molecule has 116 valence electrons. The molecule has 1 saturated heterocycles. The first-order valence-electron chi connectivity index (χ1n) is 7.95. The van der Waals surface area contributed by atoms with Crippen molar-refractivity contribution in [1.29, 1.82) is 0 Å². The van der Waals surface area contributed by atoms with E-state index < -0.39 is 0 Å². The molecule has 0 saturated carbocycles. The highest BCUT2D eigenvalue weighted by atomic mass is 15.3. The molecule has 0 radical (unpaired) electrons. The Morgan fingerprint density at radius 2 is 2.18 bits per heavy atom. The first-order valence-corrected chi connectivity index (χ1v) is 7.95. The molecule has 1 fully saturated rings. The third-order valence-corrected chi connectivity index (χ3v) is 4.23. The number of nitrogens with zero attached hydrogens (tertiary/aromatic N) is 4. The molecule has 0 amide bonds.